The molecule has 0 saturated heterocycles. The van der Waals surface area contributed by atoms with Gasteiger partial charge in [0.1, 0.15) is 5.75 Å². The van der Waals surface area contributed by atoms with E-state index in [9.17, 15) is 4.79 Å². The highest BCUT2D eigenvalue weighted by atomic mass is 16.5. The van der Waals surface area contributed by atoms with Crippen molar-refractivity contribution >= 4 is 17.3 Å². The summed E-state index contributed by atoms with van der Waals surface area (Å²) in [4.78, 5) is 11.0. The van der Waals surface area contributed by atoms with Crippen molar-refractivity contribution < 1.29 is 14.3 Å². The van der Waals surface area contributed by atoms with E-state index in [1.807, 2.05) is 54.6 Å². The molecule has 0 N–H and O–H groups in total. The predicted molar refractivity (Wildman–Crippen MR) is 116 cm³/mol. The SMILES string of the molecule is COC(=O)CCCCCCCCCCOc1ccc(N=Nc2ccccc2)cc1. The van der Waals surface area contributed by atoms with Crippen molar-refractivity contribution in [3.05, 3.63) is 54.6 Å². The molecule has 0 saturated carbocycles. The number of methoxy groups -OCH3 is 1. The maximum absolute atomic E-state index is 11.0. The predicted octanol–water partition coefficient (Wildman–Crippen LogP) is 7.16. The van der Waals surface area contributed by atoms with Gasteiger partial charge >= 0.3 is 5.97 Å². The van der Waals surface area contributed by atoms with Gasteiger partial charge in [0.15, 0.2) is 0 Å². The molecule has 2 aromatic rings. The van der Waals surface area contributed by atoms with Crippen LogP contribution in [0.15, 0.2) is 64.8 Å². The lowest BCUT2D eigenvalue weighted by molar-refractivity contribution is -0.140. The van der Waals surface area contributed by atoms with E-state index in [1.54, 1.807) is 0 Å². The van der Waals surface area contributed by atoms with Crippen molar-refractivity contribution in [2.75, 3.05) is 13.7 Å². The fourth-order valence-corrected chi connectivity index (χ4v) is 2.94. The first-order valence-electron chi connectivity index (χ1n) is 10.5. The van der Waals surface area contributed by atoms with Crippen LogP contribution in [0, 0.1) is 0 Å². The molecule has 0 fully saturated rings. The van der Waals surface area contributed by atoms with Crippen LogP contribution >= 0.6 is 0 Å². The molecule has 0 aliphatic heterocycles. The topological polar surface area (TPSA) is 60.2 Å². The fraction of sp³-hybridized carbons (Fsp3) is 0.458. The third kappa shape index (κ3) is 10.4. The number of hydrogen-bond acceptors (Lipinski definition) is 5. The Morgan fingerprint density at radius 2 is 1.28 bits per heavy atom. The van der Waals surface area contributed by atoms with E-state index in [-0.39, 0.29) is 5.97 Å². The molecule has 29 heavy (non-hydrogen) atoms. The second-order valence-corrected chi connectivity index (χ2v) is 7.03. The lowest BCUT2D eigenvalue weighted by Crippen LogP contribution is -1.99. The van der Waals surface area contributed by atoms with Crippen LogP contribution in [-0.4, -0.2) is 19.7 Å². The standard InChI is InChI=1S/C24H32N2O3/c1-28-24(27)15-11-6-4-2-3-5-7-12-20-29-23-18-16-22(17-19-23)26-25-21-13-9-8-10-14-21/h8-10,13-14,16-19H,2-7,11-12,15,20H2,1H3. The number of unbranched alkanes of at least 4 members (excludes halogenated alkanes) is 7. The highest BCUT2D eigenvalue weighted by Crippen LogP contribution is 2.21. The first-order valence-corrected chi connectivity index (χ1v) is 10.5. The van der Waals surface area contributed by atoms with Crippen molar-refractivity contribution in [1.82, 2.24) is 0 Å². The number of carbonyl (C=O) groups is 1. The van der Waals surface area contributed by atoms with Crippen molar-refractivity contribution in [2.45, 2.75) is 57.8 Å². The molecule has 0 heterocycles. The van der Waals surface area contributed by atoms with Gasteiger partial charge in [0.2, 0.25) is 0 Å². The van der Waals surface area contributed by atoms with E-state index in [1.165, 1.54) is 39.2 Å². The molecule has 0 aliphatic carbocycles. The number of benzene rings is 2. The van der Waals surface area contributed by atoms with Crippen LogP contribution in [-0.2, 0) is 9.53 Å². The summed E-state index contributed by atoms with van der Waals surface area (Å²) in [6.07, 6.45) is 9.76. The van der Waals surface area contributed by atoms with Crippen LogP contribution in [0.25, 0.3) is 0 Å². The first-order chi connectivity index (χ1) is 14.3. The smallest absolute Gasteiger partial charge is 0.305 e. The molecule has 0 unspecified atom stereocenters. The van der Waals surface area contributed by atoms with Crippen LogP contribution in [0.3, 0.4) is 0 Å². The van der Waals surface area contributed by atoms with Crippen LogP contribution in [0.5, 0.6) is 5.75 Å². The van der Waals surface area contributed by atoms with Gasteiger partial charge in [-0.1, -0.05) is 56.7 Å². The summed E-state index contributed by atoms with van der Waals surface area (Å²) < 4.78 is 10.4. The average Bonchev–Trinajstić information content (AvgIpc) is 2.77. The third-order valence-electron chi connectivity index (χ3n) is 4.65. The lowest BCUT2D eigenvalue weighted by atomic mass is 10.1. The molecule has 0 spiro atoms. The van der Waals surface area contributed by atoms with Crippen LogP contribution in [0.2, 0.25) is 0 Å². The van der Waals surface area contributed by atoms with Gasteiger partial charge in [0, 0.05) is 6.42 Å². The van der Waals surface area contributed by atoms with E-state index in [4.69, 9.17) is 4.74 Å². The van der Waals surface area contributed by atoms with Crippen molar-refractivity contribution in [3.8, 4) is 5.75 Å². The quantitative estimate of drug-likeness (QED) is 0.193. The second-order valence-electron chi connectivity index (χ2n) is 7.03. The van der Waals surface area contributed by atoms with Gasteiger partial charge in [0.25, 0.3) is 0 Å². The molecule has 0 radical (unpaired) electrons. The molecule has 2 aromatic carbocycles. The number of azo groups is 1. The number of esters is 1. The summed E-state index contributed by atoms with van der Waals surface area (Å²) >= 11 is 0. The zero-order chi connectivity index (χ0) is 20.6. The molecular weight excluding hydrogens is 364 g/mol. The molecule has 0 atom stereocenters. The first kappa shape index (κ1) is 22.6. The highest BCUT2D eigenvalue weighted by Gasteiger charge is 1.99. The Bertz CT molecular complexity index is 715. The number of ether oxygens (including phenoxy) is 2. The minimum atomic E-state index is -0.101. The molecule has 0 amide bonds. The zero-order valence-corrected chi connectivity index (χ0v) is 17.4. The van der Waals surface area contributed by atoms with Gasteiger partial charge in [-0.25, -0.2) is 0 Å². The number of rotatable bonds is 14. The Morgan fingerprint density at radius 1 is 0.724 bits per heavy atom. The number of nitrogens with zero attached hydrogens (tertiary/aromatic N) is 2. The lowest BCUT2D eigenvalue weighted by Gasteiger charge is -2.06. The summed E-state index contributed by atoms with van der Waals surface area (Å²) in [5, 5.41) is 8.44. The minimum Gasteiger partial charge on any atom is -0.494 e. The Labute approximate surface area is 174 Å². The fourth-order valence-electron chi connectivity index (χ4n) is 2.94. The average molecular weight is 397 g/mol. The minimum absolute atomic E-state index is 0.101. The van der Waals surface area contributed by atoms with Crippen LogP contribution < -0.4 is 4.74 Å². The monoisotopic (exact) mass is 396 g/mol. The summed E-state index contributed by atoms with van der Waals surface area (Å²) in [5.41, 5.74) is 1.65. The van der Waals surface area contributed by atoms with E-state index in [0.29, 0.717) is 6.42 Å². The van der Waals surface area contributed by atoms with E-state index in [2.05, 4.69) is 15.0 Å². The molecule has 2 rings (SSSR count). The molecule has 5 heteroatoms. The number of carbonyl (C=O) groups excluding carboxylic acids is 1. The van der Waals surface area contributed by atoms with E-state index < -0.39 is 0 Å². The second kappa shape index (κ2) is 14.3. The van der Waals surface area contributed by atoms with Gasteiger partial charge in [-0.3, -0.25) is 4.79 Å². The van der Waals surface area contributed by atoms with E-state index in [0.717, 1.165) is 43.0 Å². The Morgan fingerprint density at radius 3 is 1.90 bits per heavy atom. The van der Waals surface area contributed by atoms with Gasteiger partial charge in [-0.05, 0) is 49.2 Å². The maximum Gasteiger partial charge on any atom is 0.305 e. The summed E-state index contributed by atoms with van der Waals surface area (Å²) in [5.74, 6) is 0.769. The molecule has 5 nitrogen and oxygen atoms in total. The van der Waals surface area contributed by atoms with Gasteiger partial charge < -0.3 is 9.47 Å². The van der Waals surface area contributed by atoms with Crippen LogP contribution in [0.1, 0.15) is 57.8 Å². The summed E-state index contributed by atoms with van der Waals surface area (Å²) in [7, 11) is 1.44. The normalized spacial score (nSPS) is 10.9. The van der Waals surface area contributed by atoms with Crippen molar-refractivity contribution in [2.24, 2.45) is 10.2 Å². The van der Waals surface area contributed by atoms with Crippen molar-refractivity contribution in [1.29, 1.82) is 0 Å². The molecular formula is C24H32N2O3. The third-order valence-corrected chi connectivity index (χ3v) is 4.65. The maximum atomic E-state index is 11.0. The molecule has 0 aromatic heterocycles. The van der Waals surface area contributed by atoms with Gasteiger partial charge in [-0.2, -0.15) is 10.2 Å². The summed E-state index contributed by atoms with van der Waals surface area (Å²) in [6, 6.07) is 17.4. The van der Waals surface area contributed by atoms with Gasteiger partial charge in [-0.15, -0.1) is 0 Å². The Hall–Kier alpha value is -2.69. The van der Waals surface area contributed by atoms with Gasteiger partial charge in [0.05, 0.1) is 25.1 Å². The highest BCUT2D eigenvalue weighted by molar-refractivity contribution is 5.68. The largest absolute Gasteiger partial charge is 0.494 e. The Balaban J connectivity index is 1.48. The van der Waals surface area contributed by atoms with Crippen molar-refractivity contribution in [3.63, 3.8) is 0 Å². The molecule has 0 aliphatic rings. The van der Waals surface area contributed by atoms with Crippen LogP contribution in [0.4, 0.5) is 11.4 Å². The number of hydrogen-bond donors (Lipinski definition) is 0. The van der Waals surface area contributed by atoms with E-state index >= 15 is 0 Å². The molecule has 0 bridgehead atoms. The molecule has 156 valence electrons. The summed E-state index contributed by atoms with van der Waals surface area (Å²) in [6.45, 7) is 0.740. The Kier molecular flexibility index (Phi) is 11.2. The zero-order valence-electron chi connectivity index (χ0n) is 17.4.